The quantitative estimate of drug-likeness (QED) is 0.701. The molecule has 0 aliphatic heterocycles. The lowest BCUT2D eigenvalue weighted by atomic mass is 10.1. The normalized spacial score (nSPS) is 12.9. The first-order valence-electron chi connectivity index (χ1n) is 7.54. The first-order valence-corrected chi connectivity index (χ1v) is 8.36. The molecule has 0 saturated carbocycles. The molecule has 142 valence electrons. The molecule has 0 aliphatic rings. The molecule has 2 amide bonds. The van der Waals surface area contributed by atoms with E-state index in [0.717, 1.165) is 17.4 Å². The summed E-state index contributed by atoms with van der Waals surface area (Å²) < 4.78 is 41.0. The van der Waals surface area contributed by atoms with Crippen molar-refractivity contribution < 1.29 is 27.5 Å². The number of rotatable bonds is 6. The van der Waals surface area contributed by atoms with E-state index in [0.29, 0.717) is 10.2 Å². The number of hydrogen-bond donors (Lipinski definition) is 3. The van der Waals surface area contributed by atoms with Gasteiger partial charge in [0.05, 0.1) is 22.8 Å². The van der Waals surface area contributed by atoms with Crippen LogP contribution in [0, 0.1) is 5.92 Å². The number of halogens is 3. The Kier molecular flexibility index (Phi) is 6.03. The number of nitrogens with one attached hydrogen (secondary N) is 2. The maximum Gasteiger partial charge on any atom is 0.573 e. The van der Waals surface area contributed by atoms with Gasteiger partial charge in [0.2, 0.25) is 11.8 Å². The molecule has 0 fully saturated rings. The Balaban J connectivity index is 1.98. The molecule has 0 radical (unpaired) electrons. The summed E-state index contributed by atoms with van der Waals surface area (Å²) in [5, 5.41) is 5.07. The Morgan fingerprint density at radius 2 is 2.04 bits per heavy atom. The molecular weight excluding hydrogens is 373 g/mol. The van der Waals surface area contributed by atoms with Gasteiger partial charge in [-0.25, -0.2) is 4.98 Å². The van der Waals surface area contributed by atoms with Crippen LogP contribution < -0.4 is 21.1 Å². The molecule has 0 aliphatic carbocycles. The summed E-state index contributed by atoms with van der Waals surface area (Å²) >= 11 is 0.983. The second kappa shape index (κ2) is 7.87. The lowest BCUT2D eigenvalue weighted by Crippen LogP contribution is -2.46. The van der Waals surface area contributed by atoms with Crippen molar-refractivity contribution in [3.05, 3.63) is 18.2 Å². The first-order chi connectivity index (χ1) is 12.0. The van der Waals surface area contributed by atoms with Crippen LogP contribution in [-0.2, 0) is 9.59 Å². The van der Waals surface area contributed by atoms with Crippen LogP contribution in [0.5, 0.6) is 5.75 Å². The van der Waals surface area contributed by atoms with Crippen molar-refractivity contribution in [1.29, 1.82) is 0 Å². The van der Waals surface area contributed by atoms with Gasteiger partial charge >= 0.3 is 6.36 Å². The van der Waals surface area contributed by atoms with Crippen LogP contribution in [0.4, 0.5) is 18.3 Å². The third kappa shape index (κ3) is 5.56. The minimum Gasteiger partial charge on any atom is -0.406 e. The molecule has 1 atom stereocenters. The molecule has 11 heteroatoms. The van der Waals surface area contributed by atoms with Gasteiger partial charge < -0.3 is 21.1 Å². The van der Waals surface area contributed by atoms with Crippen molar-refractivity contribution in [3.63, 3.8) is 0 Å². The number of benzene rings is 1. The molecule has 1 aromatic carbocycles. The first kappa shape index (κ1) is 19.9. The van der Waals surface area contributed by atoms with Gasteiger partial charge in [-0.3, -0.25) is 9.59 Å². The number of nitrogens with two attached hydrogens (primary N) is 1. The molecule has 0 bridgehead atoms. The van der Waals surface area contributed by atoms with Gasteiger partial charge in [-0.1, -0.05) is 25.2 Å². The Labute approximate surface area is 150 Å². The predicted octanol–water partition coefficient (Wildman–Crippen LogP) is 2.23. The molecule has 2 aromatic rings. The summed E-state index contributed by atoms with van der Waals surface area (Å²) in [6.45, 7) is 3.27. The average Bonchev–Trinajstić information content (AvgIpc) is 2.91. The molecule has 7 nitrogen and oxygen atoms in total. The van der Waals surface area contributed by atoms with Crippen molar-refractivity contribution in [1.82, 2.24) is 10.3 Å². The standard InChI is InChI=1S/C15H17F3N4O3S/c1-7(2)12(19)13(24)20-6-11(23)22-14-21-9-4-3-8(5-10(9)26-14)25-15(16,17)18/h3-5,7,12H,6,19H2,1-2H3,(H,20,24)(H,21,22,23). The summed E-state index contributed by atoms with van der Waals surface area (Å²) in [4.78, 5) is 27.7. The number of anilines is 1. The van der Waals surface area contributed by atoms with E-state index in [1.165, 1.54) is 12.1 Å². The van der Waals surface area contributed by atoms with Gasteiger partial charge in [-0.2, -0.15) is 0 Å². The number of nitrogens with zero attached hydrogens (tertiary/aromatic N) is 1. The fourth-order valence-corrected chi connectivity index (χ4v) is 2.82. The Bertz CT molecular complexity index is 807. The largest absolute Gasteiger partial charge is 0.573 e. The van der Waals surface area contributed by atoms with Gasteiger partial charge in [0.15, 0.2) is 5.13 Å². The van der Waals surface area contributed by atoms with Gasteiger partial charge in [-0.05, 0) is 18.1 Å². The Hall–Kier alpha value is -2.40. The molecule has 1 unspecified atom stereocenters. The van der Waals surface area contributed by atoms with Crippen LogP contribution in [0.15, 0.2) is 18.2 Å². The van der Waals surface area contributed by atoms with Gasteiger partial charge in [0.25, 0.3) is 0 Å². The highest BCUT2D eigenvalue weighted by Crippen LogP contribution is 2.31. The summed E-state index contributed by atoms with van der Waals surface area (Å²) in [7, 11) is 0. The average molecular weight is 390 g/mol. The van der Waals surface area contributed by atoms with Crippen LogP contribution >= 0.6 is 11.3 Å². The van der Waals surface area contributed by atoms with E-state index in [1.54, 1.807) is 13.8 Å². The van der Waals surface area contributed by atoms with Gasteiger partial charge in [0, 0.05) is 6.07 Å². The number of alkyl halides is 3. The van der Waals surface area contributed by atoms with Crippen LogP contribution in [-0.4, -0.2) is 35.7 Å². The van der Waals surface area contributed by atoms with Crippen LogP contribution in [0.1, 0.15) is 13.8 Å². The van der Waals surface area contributed by atoms with Crippen LogP contribution in [0.25, 0.3) is 10.2 Å². The number of amides is 2. The minimum absolute atomic E-state index is 0.0737. The number of fused-ring (bicyclic) bond motifs is 1. The number of hydrogen-bond acceptors (Lipinski definition) is 6. The smallest absolute Gasteiger partial charge is 0.406 e. The highest BCUT2D eigenvalue weighted by Gasteiger charge is 2.31. The lowest BCUT2D eigenvalue weighted by molar-refractivity contribution is -0.274. The zero-order chi connectivity index (χ0) is 19.5. The van der Waals surface area contributed by atoms with E-state index in [1.807, 2.05) is 0 Å². The predicted molar refractivity (Wildman–Crippen MR) is 90.8 cm³/mol. The van der Waals surface area contributed by atoms with Crippen LogP contribution in [0.2, 0.25) is 0 Å². The van der Waals surface area contributed by atoms with E-state index >= 15 is 0 Å². The zero-order valence-corrected chi connectivity index (χ0v) is 14.7. The molecule has 1 heterocycles. The van der Waals surface area contributed by atoms with E-state index in [-0.39, 0.29) is 23.3 Å². The molecule has 1 aromatic heterocycles. The van der Waals surface area contributed by atoms with Gasteiger partial charge in [0.1, 0.15) is 5.75 Å². The number of thiazole rings is 1. The SMILES string of the molecule is CC(C)C(N)C(=O)NCC(=O)Nc1nc2ccc(OC(F)(F)F)cc2s1. The second-order valence-electron chi connectivity index (χ2n) is 5.73. The third-order valence-electron chi connectivity index (χ3n) is 3.28. The fourth-order valence-electron chi connectivity index (χ4n) is 1.91. The molecule has 0 spiro atoms. The highest BCUT2D eigenvalue weighted by atomic mass is 32.1. The zero-order valence-electron chi connectivity index (χ0n) is 13.9. The lowest BCUT2D eigenvalue weighted by Gasteiger charge is -2.14. The highest BCUT2D eigenvalue weighted by molar-refractivity contribution is 7.22. The maximum atomic E-state index is 12.2. The number of carbonyl (C=O) groups is 2. The number of carbonyl (C=O) groups excluding carboxylic acids is 2. The van der Waals surface area contributed by atoms with Crippen molar-refractivity contribution in [3.8, 4) is 5.75 Å². The van der Waals surface area contributed by atoms with E-state index in [9.17, 15) is 22.8 Å². The van der Waals surface area contributed by atoms with Gasteiger partial charge in [-0.15, -0.1) is 13.2 Å². The Morgan fingerprint density at radius 1 is 1.35 bits per heavy atom. The maximum absolute atomic E-state index is 12.2. The fraction of sp³-hybridized carbons (Fsp3) is 0.400. The molecule has 2 rings (SSSR count). The summed E-state index contributed by atoms with van der Waals surface area (Å²) in [5.41, 5.74) is 6.07. The van der Waals surface area contributed by atoms with Crippen molar-refractivity contribution in [2.45, 2.75) is 26.3 Å². The van der Waals surface area contributed by atoms with E-state index in [4.69, 9.17) is 5.73 Å². The molecule has 0 saturated heterocycles. The third-order valence-corrected chi connectivity index (χ3v) is 4.22. The number of ether oxygens (including phenoxy) is 1. The van der Waals surface area contributed by atoms with E-state index in [2.05, 4.69) is 20.4 Å². The molecule has 26 heavy (non-hydrogen) atoms. The van der Waals surface area contributed by atoms with Crippen LogP contribution in [0.3, 0.4) is 0 Å². The summed E-state index contributed by atoms with van der Waals surface area (Å²) in [6, 6.07) is 2.94. The second-order valence-corrected chi connectivity index (χ2v) is 6.76. The Morgan fingerprint density at radius 3 is 2.65 bits per heavy atom. The van der Waals surface area contributed by atoms with E-state index < -0.39 is 24.2 Å². The summed E-state index contributed by atoms with van der Waals surface area (Å²) in [6.07, 6.45) is -4.79. The molecular formula is C15H17F3N4O3S. The summed E-state index contributed by atoms with van der Waals surface area (Å²) in [5.74, 6) is -1.43. The monoisotopic (exact) mass is 390 g/mol. The minimum atomic E-state index is -4.79. The molecule has 4 N–H and O–H groups in total. The van der Waals surface area contributed by atoms with Crippen molar-refractivity contribution >= 4 is 38.5 Å². The topological polar surface area (TPSA) is 106 Å². The van der Waals surface area contributed by atoms with Crippen molar-refractivity contribution in [2.75, 3.05) is 11.9 Å². The number of aromatic nitrogens is 1. The van der Waals surface area contributed by atoms with Crippen molar-refractivity contribution in [2.24, 2.45) is 11.7 Å².